The van der Waals surface area contributed by atoms with E-state index in [1.807, 2.05) is 24.3 Å². The van der Waals surface area contributed by atoms with E-state index < -0.39 is 9.84 Å². The molecule has 0 amide bonds. The molecule has 0 atom stereocenters. The van der Waals surface area contributed by atoms with Gasteiger partial charge in [-0.05, 0) is 48.6 Å². The lowest BCUT2D eigenvalue weighted by Gasteiger charge is -2.18. The van der Waals surface area contributed by atoms with Crippen LogP contribution in [0, 0.1) is 13.8 Å². The molecule has 0 bridgehead atoms. The molecule has 0 fully saturated rings. The van der Waals surface area contributed by atoms with Gasteiger partial charge in [0.1, 0.15) is 15.6 Å². The number of rotatable bonds is 7. The van der Waals surface area contributed by atoms with Crippen LogP contribution in [0.2, 0.25) is 0 Å². The summed E-state index contributed by atoms with van der Waals surface area (Å²) in [7, 11) is -2.96. The molecule has 0 spiro atoms. The summed E-state index contributed by atoms with van der Waals surface area (Å²) < 4.78 is 28.2. The Morgan fingerprint density at radius 3 is 2.38 bits per heavy atom. The molecule has 0 aliphatic heterocycles. The molecule has 5 heteroatoms. The van der Waals surface area contributed by atoms with Crippen LogP contribution in [-0.4, -0.2) is 27.0 Å². The van der Waals surface area contributed by atoms with E-state index in [4.69, 9.17) is 16.3 Å². The van der Waals surface area contributed by atoms with Crippen LogP contribution in [0.15, 0.2) is 36.4 Å². The topological polar surface area (TPSA) is 43.4 Å². The van der Waals surface area contributed by atoms with Crippen molar-refractivity contribution >= 4 is 21.4 Å². The van der Waals surface area contributed by atoms with Gasteiger partial charge >= 0.3 is 0 Å². The summed E-state index contributed by atoms with van der Waals surface area (Å²) in [5, 5.41) is 0. The highest BCUT2D eigenvalue weighted by atomic mass is 35.5. The smallest absolute Gasteiger partial charge is 0.147 e. The van der Waals surface area contributed by atoms with E-state index in [1.165, 1.54) is 11.8 Å². The molecule has 2 aromatic carbocycles. The lowest BCUT2D eigenvalue weighted by molar-refractivity contribution is 0.315. The molecular formula is C19H23ClO3S. The number of aryl methyl sites for hydroxylation is 1. The van der Waals surface area contributed by atoms with Gasteiger partial charge in [-0.15, -0.1) is 11.6 Å². The van der Waals surface area contributed by atoms with Crippen LogP contribution in [0.5, 0.6) is 5.75 Å². The molecule has 2 rings (SSSR count). The molecule has 0 saturated carbocycles. The van der Waals surface area contributed by atoms with Crippen molar-refractivity contribution in [3.05, 3.63) is 53.1 Å². The fourth-order valence-electron chi connectivity index (χ4n) is 2.83. The minimum Gasteiger partial charge on any atom is -0.493 e. The van der Waals surface area contributed by atoms with Crippen molar-refractivity contribution < 1.29 is 13.2 Å². The van der Waals surface area contributed by atoms with Gasteiger partial charge in [-0.1, -0.05) is 30.3 Å². The van der Waals surface area contributed by atoms with Crippen LogP contribution in [0.3, 0.4) is 0 Å². The maximum Gasteiger partial charge on any atom is 0.147 e. The van der Waals surface area contributed by atoms with E-state index in [9.17, 15) is 8.42 Å². The van der Waals surface area contributed by atoms with Gasteiger partial charge in [0.2, 0.25) is 0 Å². The van der Waals surface area contributed by atoms with Crippen molar-refractivity contribution in [2.45, 2.75) is 26.1 Å². The Hall–Kier alpha value is -1.52. The number of ether oxygens (including phenoxy) is 1. The molecule has 130 valence electrons. The largest absolute Gasteiger partial charge is 0.493 e. The number of sulfone groups is 1. The molecule has 24 heavy (non-hydrogen) atoms. The maximum absolute atomic E-state index is 11.2. The first-order valence-corrected chi connectivity index (χ1v) is 10.5. The van der Waals surface area contributed by atoms with Crippen molar-refractivity contribution in [1.29, 1.82) is 0 Å². The summed E-state index contributed by atoms with van der Waals surface area (Å²) in [6.07, 6.45) is 1.71. The molecule has 3 nitrogen and oxygen atoms in total. The minimum atomic E-state index is -2.96. The standard InChI is InChI=1S/C19H23ClO3S/c1-14-12-18(23-10-7-11-24(3,21)22)17(13-20)15(2)19(14)16-8-5-4-6-9-16/h4-6,8-9,12H,7,10-11,13H2,1-3H3. The lowest BCUT2D eigenvalue weighted by Crippen LogP contribution is -2.09. The molecule has 0 aliphatic carbocycles. The van der Waals surface area contributed by atoms with Gasteiger partial charge in [-0.3, -0.25) is 0 Å². The molecule has 0 N–H and O–H groups in total. The molecule has 0 aromatic heterocycles. The van der Waals surface area contributed by atoms with E-state index in [-0.39, 0.29) is 5.75 Å². The van der Waals surface area contributed by atoms with Crippen molar-refractivity contribution in [2.75, 3.05) is 18.6 Å². The molecular weight excluding hydrogens is 344 g/mol. The minimum absolute atomic E-state index is 0.128. The third-order valence-corrected chi connectivity index (χ3v) is 5.28. The summed E-state index contributed by atoms with van der Waals surface area (Å²) in [6.45, 7) is 4.47. The Morgan fingerprint density at radius 1 is 1.12 bits per heavy atom. The van der Waals surface area contributed by atoms with E-state index in [2.05, 4.69) is 26.0 Å². The van der Waals surface area contributed by atoms with Gasteiger partial charge < -0.3 is 4.74 Å². The van der Waals surface area contributed by atoms with Gasteiger partial charge in [0.25, 0.3) is 0 Å². The predicted molar refractivity (Wildman–Crippen MR) is 101 cm³/mol. The first-order valence-electron chi connectivity index (χ1n) is 7.88. The highest BCUT2D eigenvalue weighted by Crippen LogP contribution is 2.36. The molecule has 0 aliphatic rings. The Labute approximate surface area is 149 Å². The van der Waals surface area contributed by atoms with E-state index in [0.717, 1.165) is 28.0 Å². The van der Waals surface area contributed by atoms with Gasteiger partial charge in [-0.25, -0.2) is 8.42 Å². The van der Waals surface area contributed by atoms with E-state index >= 15 is 0 Å². The van der Waals surface area contributed by atoms with Crippen LogP contribution < -0.4 is 4.74 Å². The first-order chi connectivity index (χ1) is 11.3. The van der Waals surface area contributed by atoms with Gasteiger partial charge in [0, 0.05) is 11.8 Å². The average molecular weight is 367 g/mol. The highest BCUT2D eigenvalue weighted by molar-refractivity contribution is 7.90. The summed E-state index contributed by atoms with van der Waals surface area (Å²) in [6, 6.07) is 12.2. The van der Waals surface area contributed by atoms with Gasteiger partial charge in [0.15, 0.2) is 0 Å². The maximum atomic E-state index is 11.2. The zero-order valence-corrected chi connectivity index (χ0v) is 15.9. The SMILES string of the molecule is Cc1cc(OCCCS(C)(=O)=O)c(CCl)c(C)c1-c1ccccc1. The van der Waals surface area contributed by atoms with Crippen LogP contribution >= 0.6 is 11.6 Å². The monoisotopic (exact) mass is 366 g/mol. The van der Waals surface area contributed by atoms with Crippen molar-refractivity contribution in [3.8, 4) is 16.9 Å². The number of halogens is 1. The van der Waals surface area contributed by atoms with E-state index in [0.29, 0.717) is 18.9 Å². The van der Waals surface area contributed by atoms with Gasteiger partial charge in [0.05, 0.1) is 18.2 Å². The normalized spacial score (nSPS) is 11.5. The van der Waals surface area contributed by atoms with Crippen molar-refractivity contribution in [3.63, 3.8) is 0 Å². The van der Waals surface area contributed by atoms with Crippen LogP contribution in [-0.2, 0) is 15.7 Å². The quantitative estimate of drug-likeness (QED) is 0.534. The number of hydrogen-bond donors (Lipinski definition) is 0. The second kappa shape index (κ2) is 8.04. The predicted octanol–water partition coefficient (Wildman–Crippen LogP) is 4.52. The van der Waals surface area contributed by atoms with E-state index in [1.54, 1.807) is 0 Å². The van der Waals surface area contributed by atoms with Crippen LogP contribution in [0.25, 0.3) is 11.1 Å². The fourth-order valence-corrected chi connectivity index (χ4v) is 3.81. The Kier molecular flexibility index (Phi) is 6.30. The summed E-state index contributed by atoms with van der Waals surface area (Å²) in [5.74, 6) is 1.23. The molecule has 0 saturated heterocycles. The van der Waals surface area contributed by atoms with Crippen molar-refractivity contribution in [2.24, 2.45) is 0 Å². The number of benzene rings is 2. The van der Waals surface area contributed by atoms with Crippen LogP contribution in [0.1, 0.15) is 23.1 Å². The van der Waals surface area contributed by atoms with Crippen LogP contribution in [0.4, 0.5) is 0 Å². The number of hydrogen-bond acceptors (Lipinski definition) is 3. The summed E-state index contributed by atoms with van der Waals surface area (Å²) in [5.41, 5.74) is 5.51. The number of alkyl halides is 1. The second-order valence-corrected chi connectivity index (χ2v) is 8.53. The zero-order chi connectivity index (χ0) is 17.7. The second-order valence-electron chi connectivity index (χ2n) is 6.00. The average Bonchev–Trinajstić information content (AvgIpc) is 2.51. The Bertz CT molecular complexity index is 799. The van der Waals surface area contributed by atoms with Gasteiger partial charge in [-0.2, -0.15) is 0 Å². The van der Waals surface area contributed by atoms with Crippen molar-refractivity contribution in [1.82, 2.24) is 0 Å². The summed E-state index contributed by atoms with van der Waals surface area (Å²) >= 11 is 6.16. The lowest BCUT2D eigenvalue weighted by atomic mass is 9.92. The third-order valence-electron chi connectivity index (χ3n) is 3.98. The molecule has 0 radical (unpaired) electrons. The molecule has 0 unspecified atom stereocenters. The highest BCUT2D eigenvalue weighted by Gasteiger charge is 2.15. The first kappa shape index (κ1) is 18.8. The fraction of sp³-hybridized carbons (Fsp3) is 0.368. The Morgan fingerprint density at radius 2 is 1.79 bits per heavy atom. The zero-order valence-electron chi connectivity index (χ0n) is 14.3. The molecule has 2 aromatic rings. The third kappa shape index (κ3) is 4.74. The Balaban J connectivity index is 2.28. The molecule has 0 heterocycles. The summed E-state index contributed by atoms with van der Waals surface area (Å²) in [4.78, 5) is 0.